The van der Waals surface area contributed by atoms with Crippen molar-refractivity contribution in [1.82, 2.24) is 14.8 Å². The van der Waals surface area contributed by atoms with E-state index in [1.165, 1.54) is 18.3 Å². The van der Waals surface area contributed by atoms with Crippen LogP contribution in [-0.4, -0.2) is 20.5 Å². The van der Waals surface area contributed by atoms with Crippen molar-refractivity contribution in [3.05, 3.63) is 113 Å². The molecule has 1 fully saturated rings. The number of rotatable bonds is 9. The maximum absolute atomic E-state index is 15.1. The number of hydrogen-bond donors (Lipinski definition) is 1. The Bertz CT molecular complexity index is 1830. The SMILES string of the molecule is C=C(N)c1cc(-c2cccnc2[C@@H](CC(=O)Cn2nc(C(F)(F)F)c3c2C(F)(F)C2CC32)Cc2cc(F)cc(F)c2)ccc1F. The van der Waals surface area contributed by atoms with Gasteiger partial charge in [0.2, 0.25) is 0 Å². The van der Waals surface area contributed by atoms with Gasteiger partial charge in [0.25, 0.3) is 5.92 Å². The summed E-state index contributed by atoms with van der Waals surface area (Å²) in [5.74, 6) is -9.95. The van der Waals surface area contributed by atoms with Crippen LogP contribution >= 0.6 is 0 Å². The normalized spacial score (nSPS) is 18.8. The highest BCUT2D eigenvalue weighted by Crippen LogP contribution is 2.68. The molecule has 2 aromatic heterocycles. The quantitative estimate of drug-likeness (QED) is 0.194. The summed E-state index contributed by atoms with van der Waals surface area (Å²) in [5.41, 5.74) is 3.98. The van der Waals surface area contributed by atoms with Crippen LogP contribution in [0.1, 0.15) is 58.4 Å². The van der Waals surface area contributed by atoms with Crippen LogP contribution in [-0.2, 0) is 29.9 Å². The van der Waals surface area contributed by atoms with Crippen LogP contribution in [0.15, 0.2) is 61.3 Å². The van der Waals surface area contributed by atoms with Crippen LogP contribution in [0.3, 0.4) is 0 Å². The number of pyridine rings is 1. The predicted molar refractivity (Wildman–Crippen MR) is 147 cm³/mol. The lowest BCUT2D eigenvalue weighted by molar-refractivity contribution is -0.142. The predicted octanol–water partition coefficient (Wildman–Crippen LogP) is 7.51. The number of halogens is 8. The lowest BCUT2D eigenvalue weighted by Crippen LogP contribution is -2.24. The molecular weight excluding hydrogens is 608 g/mol. The van der Waals surface area contributed by atoms with Gasteiger partial charge in [-0.15, -0.1) is 0 Å². The molecule has 0 spiro atoms. The lowest BCUT2D eigenvalue weighted by Gasteiger charge is -2.21. The van der Waals surface area contributed by atoms with Gasteiger partial charge in [-0.25, -0.2) is 13.2 Å². The maximum Gasteiger partial charge on any atom is 0.435 e. The second-order valence-corrected chi connectivity index (χ2v) is 11.4. The van der Waals surface area contributed by atoms with Crippen LogP contribution in [0.2, 0.25) is 0 Å². The molecule has 2 unspecified atom stereocenters. The van der Waals surface area contributed by atoms with Crippen LogP contribution in [0, 0.1) is 23.4 Å². The van der Waals surface area contributed by atoms with Crippen LogP contribution in [0.4, 0.5) is 35.1 Å². The van der Waals surface area contributed by atoms with Crippen molar-refractivity contribution in [2.75, 3.05) is 0 Å². The minimum atomic E-state index is -5.00. The molecule has 0 aliphatic heterocycles. The minimum Gasteiger partial charge on any atom is -0.399 e. The summed E-state index contributed by atoms with van der Waals surface area (Å²) in [6.45, 7) is 2.67. The standard InChI is InChI=1S/C32H24F8N4O/c1-15(41)23-11-17(4-5-26(23)35)22-3-2-6-42-28(22)18(7-16-8-19(33)12-20(34)9-16)10-21(45)14-44-30-27(29(43-44)32(38,39)40)24-13-25(24)31(30,36)37/h2-6,8-9,11-12,18,24-25H,1,7,10,13-14,41H2/t18-,24?,25?/m1/s1. The molecule has 2 heterocycles. The highest BCUT2D eigenvalue weighted by molar-refractivity contribution is 5.80. The Balaban J connectivity index is 1.38. The van der Waals surface area contributed by atoms with E-state index in [-0.39, 0.29) is 35.4 Å². The third-order valence-electron chi connectivity index (χ3n) is 8.25. The summed E-state index contributed by atoms with van der Waals surface area (Å²) in [6, 6.07) is 9.96. The maximum atomic E-state index is 15.1. The first-order valence-corrected chi connectivity index (χ1v) is 13.9. The van der Waals surface area contributed by atoms with Gasteiger partial charge in [0.15, 0.2) is 11.5 Å². The minimum absolute atomic E-state index is 0.00844. The van der Waals surface area contributed by atoms with Gasteiger partial charge in [-0.05, 0) is 60.2 Å². The Kier molecular flexibility index (Phi) is 7.32. The fourth-order valence-electron chi connectivity index (χ4n) is 6.30. The largest absolute Gasteiger partial charge is 0.435 e. The molecule has 13 heteroatoms. The van der Waals surface area contributed by atoms with E-state index >= 15 is 8.78 Å². The zero-order valence-electron chi connectivity index (χ0n) is 23.3. The average Bonchev–Trinajstić information content (AvgIpc) is 3.60. The molecule has 2 N–H and O–H groups in total. The number of aromatic nitrogens is 3. The fourth-order valence-corrected chi connectivity index (χ4v) is 6.30. The van der Waals surface area contributed by atoms with Crippen molar-refractivity contribution in [3.8, 4) is 11.1 Å². The van der Waals surface area contributed by atoms with Crippen molar-refractivity contribution in [2.24, 2.45) is 11.7 Å². The van der Waals surface area contributed by atoms with Crippen molar-refractivity contribution >= 4 is 11.5 Å². The summed E-state index contributed by atoms with van der Waals surface area (Å²) in [4.78, 5) is 17.9. The Morgan fingerprint density at radius 1 is 1.09 bits per heavy atom. The molecule has 0 radical (unpaired) electrons. The summed E-state index contributed by atoms with van der Waals surface area (Å²) in [7, 11) is 0. The molecular formula is C32H24F8N4O. The van der Waals surface area contributed by atoms with Gasteiger partial charge in [0.1, 0.15) is 29.7 Å². The number of benzene rings is 2. The first-order valence-electron chi connectivity index (χ1n) is 13.9. The average molecular weight is 633 g/mol. The summed E-state index contributed by atoms with van der Waals surface area (Å²) in [6.07, 6.45) is -4.32. The molecule has 0 bridgehead atoms. The van der Waals surface area contributed by atoms with E-state index in [0.717, 1.165) is 18.2 Å². The first-order chi connectivity index (χ1) is 21.1. The number of nitrogens with two attached hydrogens (primary N) is 1. The Morgan fingerprint density at radius 2 is 1.80 bits per heavy atom. The molecule has 6 rings (SSSR count). The Morgan fingerprint density at radius 3 is 2.47 bits per heavy atom. The third kappa shape index (κ3) is 5.59. The van der Waals surface area contributed by atoms with E-state index in [1.54, 1.807) is 12.1 Å². The summed E-state index contributed by atoms with van der Waals surface area (Å²) < 4.78 is 115. The second-order valence-electron chi connectivity index (χ2n) is 11.4. The number of ketones is 1. The monoisotopic (exact) mass is 632 g/mol. The molecule has 2 aliphatic carbocycles. The smallest absolute Gasteiger partial charge is 0.399 e. The number of nitrogens with zero attached hydrogens (tertiary/aromatic N) is 3. The van der Waals surface area contributed by atoms with Gasteiger partial charge < -0.3 is 5.73 Å². The van der Waals surface area contributed by atoms with E-state index in [4.69, 9.17) is 5.73 Å². The fraction of sp³-hybridized carbons (Fsp3) is 0.281. The van der Waals surface area contributed by atoms with E-state index in [9.17, 15) is 31.1 Å². The molecule has 1 saturated carbocycles. The van der Waals surface area contributed by atoms with Gasteiger partial charge in [-0.1, -0.05) is 18.7 Å². The molecule has 2 aliphatic rings. The highest BCUT2D eigenvalue weighted by Gasteiger charge is 2.68. The van der Waals surface area contributed by atoms with Gasteiger partial charge in [-0.3, -0.25) is 14.5 Å². The molecule has 45 heavy (non-hydrogen) atoms. The Hall–Kier alpha value is -4.55. The van der Waals surface area contributed by atoms with E-state index < -0.39 is 83.0 Å². The van der Waals surface area contributed by atoms with Crippen molar-refractivity contribution in [2.45, 2.75) is 49.7 Å². The van der Waals surface area contributed by atoms with Crippen molar-refractivity contribution in [1.29, 1.82) is 0 Å². The number of fused-ring (bicyclic) bond motifs is 3. The van der Waals surface area contributed by atoms with Crippen molar-refractivity contribution in [3.63, 3.8) is 0 Å². The van der Waals surface area contributed by atoms with Gasteiger partial charge in [-0.2, -0.15) is 27.1 Å². The zero-order valence-corrected chi connectivity index (χ0v) is 23.3. The van der Waals surface area contributed by atoms with Gasteiger partial charge in [0, 0.05) is 52.9 Å². The first kappa shape index (κ1) is 30.5. The molecule has 5 nitrogen and oxygen atoms in total. The number of Topliss-reactive ketones (excluding diaryl/α,β-unsaturated/α-hetero) is 1. The third-order valence-corrected chi connectivity index (χ3v) is 8.25. The Labute approximate surface area is 251 Å². The van der Waals surface area contributed by atoms with Gasteiger partial charge >= 0.3 is 6.18 Å². The summed E-state index contributed by atoms with van der Waals surface area (Å²) >= 11 is 0. The number of hydrogen-bond acceptors (Lipinski definition) is 4. The molecule has 4 aromatic rings. The highest BCUT2D eigenvalue weighted by atomic mass is 19.4. The molecule has 0 amide bonds. The topological polar surface area (TPSA) is 73.8 Å². The van der Waals surface area contributed by atoms with E-state index in [0.29, 0.717) is 21.9 Å². The summed E-state index contributed by atoms with van der Waals surface area (Å²) in [5, 5.41) is 3.42. The van der Waals surface area contributed by atoms with Crippen LogP contribution in [0.5, 0.6) is 0 Å². The molecule has 0 saturated heterocycles. The molecule has 3 atom stereocenters. The van der Waals surface area contributed by atoms with Crippen LogP contribution in [0.25, 0.3) is 16.8 Å². The second kappa shape index (κ2) is 10.8. The van der Waals surface area contributed by atoms with Gasteiger partial charge in [0.05, 0.1) is 5.69 Å². The zero-order chi connectivity index (χ0) is 32.4. The lowest BCUT2D eigenvalue weighted by atomic mass is 9.86. The number of alkyl halides is 5. The number of carbonyl (C=O) groups is 1. The van der Waals surface area contributed by atoms with Crippen molar-refractivity contribution < 1.29 is 39.9 Å². The van der Waals surface area contributed by atoms with Crippen LogP contribution < -0.4 is 5.73 Å². The van der Waals surface area contributed by atoms with E-state index in [1.807, 2.05) is 0 Å². The number of carbonyl (C=O) groups excluding carboxylic acids is 1. The van der Waals surface area contributed by atoms with E-state index in [2.05, 4.69) is 16.7 Å². The molecule has 2 aromatic carbocycles. The molecule has 234 valence electrons.